The van der Waals surface area contributed by atoms with Gasteiger partial charge in [-0.2, -0.15) is 5.10 Å². The van der Waals surface area contributed by atoms with E-state index >= 15 is 0 Å². The van der Waals surface area contributed by atoms with Crippen molar-refractivity contribution < 1.29 is 14.3 Å². The lowest BCUT2D eigenvalue weighted by Gasteiger charge is -2.25. The van der Waals surface area contributed by atoms with Crippen molar-refractivity contribution in [3.05, 3.63) is 48.5 Å². The van der Waals surface area contributed by atoms with Crippen molar-refractivity contribution in [2.45, 2.75) is 19.4 Å². The lowest BCUT2D eigenvalue weighted by atomic mass is 10.1. The summed E-state index contributed by atoms with van der Waals surface area (Å²) < 4.78 is 6.42. The smallest absolute Gasteiger partial charge is 0.271 e. The maximum Gasteiger partial charge on any atom is 0.271 e. The van der Waals surface area contributed by atoms with Crippen LogP contribution in [0.25, 0.3) is 10.2 Å². The number of ether oxygens (including phenoxy) is 1. The number of ketones is 1. The Morgan fingerprint density at radius 1 is 1.12 bits per heavy atom. The summed E-state index contributed by atoms with van der Waals surface area (Å²) in [4.78, 5) is 32.0. The van der Waals surface area contributed by atoms with Gasteiger partial charge in [-0.15, -0.1) is 0 Å². The molecule has 1 N–H and O–H groups in total. The van der Waals surface area contributed by atoms with Crippen LogP contribution in [-0.2, 0) is 14.3 Å². The molecule has 1 unspecified atom stereocenters. The first kappa shape index (κ1) is 20.6. The molecule has 32 heavy (non-hydrogen) atoms. The predicted octanol–water partition coefficient (Wildman–Crippen LogP) is 3.30. The number of nitrogens with zero attached hydrogens (tertiary/aromatic N) is 4. The number of aromatic nitrogens is 1. The number of thiazole rings is 1. The Balaban J connectivity index is 1.34. The number of carbonyl (C=O) groups is 2. The van der Waals surface area contributed by atoms with E-state index in [1.807, 2.05) is 48.5 Å². The molecule has 0 bridgehead atoms. The first-order valence-corrected chi connectivity index (χ1v) is 11.4. The van der Waals surface area contributed by atoms with Crippen LogP contribution in [0.5, 0.6) is 0 Å². The van der Waals surface area contributed by atoms with Crippen LogP contribution in [0, 0.1) is 0 Å². The first-order valence-electron chi connectivity index (χ1n) is 10.6. The van der Waals surface area contributed by atoms with Crippen molar-refractivity contribution in [2.75, 3.05) is 41.5 Å². The molecule has 3 aromatic rings. The minimum absolute atomic E-state index is 0.0258. The molecular formula is C23H23N5O3S. The minimum Gasteiger partial charge on any atom is -0.378 e. The molecule has 2 aliphatic rings. The van der Waals surface area contributed by atoms with Gasteiger partial charge in [0.2, 0.25) is 0 Å². The van der Waals surface area contributed by atoms with Gasteiger partial charge in [0, 0.05) is 25.2 Å². The highest BCUT2D eigenvalue weighted by molar-refractivity contribution is 7.22. The van der Waals surface area contributed by atoms with Crippen LogP contribution in [0.2, 0.25) is 0 Å². The fourth-order valence-corrected chi connectivity index (χ4v) is 4.92. The van der Waals surface area contributed by atoms with Crippen LogP contribution in [0.3, 0.4) is 0 Å². The zero-order chi connectivity index (χ0) is 22.1. The second-order valence-corrected chi connectivity index (χ2v) is 8.80. The molecule has 1 fully saturated rings. The van der Waals surface area contributed by atoms with Gasteiger partial charge < -0.3 is 15.0 Å². The second-order valence-electron chi connectivity index (χ2n) is 7.79. The van der Waals surface area contributed by atoms with Crippen LogP contribution < -0.4 is 15.2 Å². The number of rotatable bonds is 5. The molecule has 0 spiro atoms. The lowest BCUT2D eigenvalue weighted by Crippen LogP contribution is -2.36. The SMILES string of the molecule is CC(=O)C1CC(C(=O)Nc2ccc3nc(N4CCOCC4)sc3c2)=NN1c1ccccc1. The largest absolute Gasteiger partial charge is 0.378 e. The highest BCUT2D eigenvalue weighted by Gasteiger charge is 2.34. The Bertz CT molecular complexity index is 1190. The van der Waals surface area contributed by atoms with Crippen molar-refractivity contribution in [1.29, 1.82) is 0 Å². The molecule has 164 valence electrons. The Hall–Kier alpha value is -3.30. The molecule has 5 rings (SSSR count). The third kappa shape index (κ3) is 4.09. The summed E-state index contributed by atoms with van der Waals surface area (Å²) in [6.45, 7) is 4.61. The van der Waals surface area contributed by atoms with E-state index in [4.69, 9.17) is 9.72 Å². The highest BCUT2D eigenvalue weighted by Crippen LogP contribution is 2.31. The fourth-order valence-electron chi connectivity index (χ4n) is 3.87. The molecule has 9 heteroatoms. The minimum atomic E-state index is -0.474. The molecule has 3 heterocycles. The van der Waals surface area contributed by atoms with Crippen molar-refractivity contribution in [3.8, 4) is 0 Å². The number of nitrogens with one attached hydrogen (secondary N) is 1. The molecule has 0 aliphatic carbocycles. The van der Waals surface area contributed by atoms with Crippen molar-refractivity contribution in [2.24, 2.45) is 5.10 Å². The standard InChI is InChI=1S/C23H23N5O3S/c1-15(29)20-14-19(26-28(20)17-5-3-2-4-6-17)22(30)24-16-7-8-18-21(13-16)32-23(25-18)27-9-11-31-12-10-27/h2-8,13,20H,9-12,14H2,1H3,(H,24,30). The molecule has 1 atom stereocenters. The van der Waals surface area contributed by atoms with Gasteiger partial charge in [-0.1, -0.05) is 29.5 Å². The second kappa shape index (κ2) is 8.68. The number of morpholine rings is 1. The molecule has 0 saturated carbocycles. The Kier molecular flexibility index (Phi) is 5.59. The Morgan fingerprint density at radius 2 is 1.91 bits per heavy atom. The molecule has 1 amide bonds. The number of anilines is 3. The number of fused-ring (bicyclic) bond motifs is 1. The van der Waals surface area contributed by atoms with Crippen molar-refractivity contribution >= 4 is 55.5 Å². The zero-order valence-corrected chi connectivity index (χ0v) is 18.5. The Morgan fingerprint density at radius 3 is 2.66 bits per heavy atom. The third-order valence-electron chi connectivity index (χ3n) is 5.58. The van der Waals surface area contributed by atoms with Gasteiger partial charge in [0.25, 0.3) is 5.91 Å². The van der Waals surface area contributed by atoms with Gasteiger partial charge in [-0.25, -0.2) is 4.98 Å². The number of hydrogen-bond donors (Lipinski definition) is 1. The average molecular weight is 450 g/mol. The molecule has 1 saturated heterocycles. The van der Waals surface area contributed by atoms with Gasteiger partial charge in [-0.05, 0) is 37.3 Å². The number of para-hydroxylation sites is 1. The summed E-state index contributed by atoms with van der Waals surface area (Å²) >= 11 is 1.60. The molecule has 8 nitrogen and oxygen atoms in total. The highest BCUT2D eigenvalue weighted by atomic mass is 32.1. The van der Waals surface area contributed by atoms with E-state index in [-0.39, 0.29) is 18.1 Å². The summed E-state index contributed by atoms with van der Waals surface area (Å²) in [5.41, 5.74) is 2.71. The van der Waals surface area contributed by atoms with E-state index in [1.54, 1.807) is 16.3 Å². The monoisotopic (exact) mass is 449 g/mol. The molecule has 0 radical (unpaired) electrons. The summed E-state index contributed by atoms with van der Waals surface area (Å²) in [5.74, 6) is -0.325. The van der Waals surface area contributed by atoms with Gasteiger partial charge in [-0.3, -0.25) is 14.6 Å². The van der Waals surface area contributed by atoms with Crippen LogP contribution in [0.1, 0.15) is 13.3 Å². The lowest BCUT2D eigenvalue weighted by molar-refractivity contribution is -0.118. The Labute approximate surface area is 189 Å². The molecule has 2 aromatic carbocycles. The summed E-state index contributed by atoms with van der Waals surface area (Å²) in [7, 11) is 0. The van der Waals surface area contributed by atoms with E-state index in [1.165, 1.54) is 6.92 Å². The van der Waals surface area contributed by atoms with Gasteiger partial charge in [0.1, 0.15) is 11.8 Å². The number of benzene rings is 2. The topological polar surface area (TPSA) is 87.1 Å². The van der Waals surface area contributed by atoms with Crippen molar-refractivity contribution in [1.82, 2.24) is 4.98 Å². The van der Waals surface area contributed by atoms with E-state index in [9.17, 15) is 9.59 Å². The summed E-state index contributed by atoms with van der Waals surface area (Å²) in [6, 6.07) is 14.6. The van der Waals surface area contributed by atoms with Crippen LogP contribution >= 0.6 is 11.3 Å². The fraction of sp³-hybridized carbons (Fsp3) is 0.304. The number of hydrazone groups is 1. The first-order chi connectivity index (χ1) is 15.6. The van der Waals surface area contributed by atoms with Crippen LogP contribution in [0.4, 0.5) is 16.5 Å². The predicted molar refractivity (Wildman–Crippen MR) is 127 cm³/mol. The summed E-state index contributed by atoms with van der Waals surface area (Å²) in [6.07, 6.45) is 0.278. The summed E-state index contributed by atoms with van der Waals surface area (Å²) in [5, 5.41) is 10.0. The number of Topliss-reactive ketones (excluding diaryl/α,β-unsaturated/α-hetero) is 1. The number of amides is 1. The molecular weight excluding hydrogens is 426 g/mol. The van der Waals surface area contributed by atoms with E-state index in [0.29, 0.717) is 24.6 Å². The molecule has 2 aliphatic heterocycles. The van der Waals surface area contributed by atoms with E-state index < -0.39 is 6.04 Å². The quantitative estimate of drug-likeness (QED) is 0.643. The third-order valence-corrected chi connectivity index (χ3v) is 6.66. The maximum atomic E-state index is 12.9. The maximum absolute atomic E-state index is 12.9. The molecule has 1 aromatic heterocycles. The number of hydrogen-bond acceptors (Lipinski definition) is 8. The normalized spacial score (nSPS) is 18.7. The van der Waals surface area contributed by atoms with Crippen LogP contribution in [-0.4, -0.2) is 54.7 Å². The average Bonchev–Trinajstić information content (AvgIpc) is 3.45. The van der Waals surface area contributed by atoms with Gasteiger partial charge in [0.15, 0.2) is 10.9 Å². The van der Waals surface area contributed by atoms with E-state index in [2.05, 4.69) is 15.3 Å². The van der Waals surface area contributed by atoms with Crippen LogP contribution in [0.15, 0.2) is 53.6 Å². The van der Waals surface area contributed by atoms with Crippen molar-refractivity contribution in [3.63, 3.8) is 0 Å². The van der Waals surface area contributed by atoms with Gasteiger partial charge in [0.05, 0.1) is 29.1 Å². The number of carbonyl (C=O) groups excluding carboxylic acids is 2. The van der Waals surface area contributed by atoms with E-state index in [0.717, 1.165) is 34.1 Å². The zero-order valence-electron chi connectivity index (χ0n) is 17.7. The van der Waals surface area contributed by atoms with Gasteiger partial charge >= 0.3 is 0 Å².